The number of nitrogens with one attached hydrogen (secondary N) is 2. The fraction of sp³-hybridized carbons (Fsp3) is 0.333. The quantitative estimate of drug-likeness (QED) is 0.444. The summed E-state index contributed by atoms with van der Waals surface area (Å²) in [4.78, 5) is 16.3. The van der Waals surface area contributed by atoms with Gasteiger partial charge in [-0.2, -0.15) is 0 Å². The molecule has 0 spiro atoms. The van der Waals surface area contributed by atoms with Crippen LogP contribution < -0.4 is 16.4 Å². The number of carbonyl (C=O) groups is 1. The van der Waals surface area contributed by atoms with Crippen molar-refractivity contribution in [1.29, 1.82) is 0 Å². The van der Waals surface area contributed by atoms with E-state index in [0.29, 0.717) is 30.5 Å². The van der Waals surface area contributed by atoms with Crippen molar-refractivity contribution in [3.05, 3.63) is 70.5 Å². The number of halogens is 2. The van der Waals surface area contributed by atoms with Crippen LogP contribution in [0.25, 0.3) is 0 Å². The summed E-state index contributed by atoms with van der Waals surface area (Å²) in [6.45, 7) is 3.59. The Kier molecular flexibility index (Phi) is 8.75. The summed E-state index contributed by atoms with van der Waals surface area (Å²) >= 11 is 6.00. The van der Waals surface area contributed by atoms with Gasteiger partial charge in [0.2, 0.25) is 5.91 Å². The highest BCUT2D eigenvalue weighted by Crippen LogP contribution is 2.11. The second-order valence-corrected chi connectivity index (χ2v) is 6.89. The standard InChI is InChI=1S/C21H26ClFN4O/c1-2-25-21(26-11-10-15-4-3-5-18(22)13-15)27-14-17(20(24)28)12-16-6-8-19(23)9-7-16/h3-9,13,17H,2,10-12,14H2,1H3,(H2,24,28)(H2,25,26,27). The Morgan fingerprint density at radius 1 is 1.18 bits per heavy atom. The lowest BCUT2D eigenvalue weighted by atomic mass is 9.99. The number of primary amides is 1. The number of amides is 1. The van der Waals surface area contributed by atoms with Gasteiger partial charge in [0.1, 0.15) is 5.82 Å². The molecule has 1 unspecified atom stereocenters. The summed E-state index contributed by atoms with van der Waals surface area (Å²) in [6, 6.07) is 13.8. The lowest BCUT2D eigenvalue weighted by molar-refractivity contribution is -0.121. The molecular formula is C21H26ClFN4O. The third kappa shape index (κ3) is 7.56. The van der Waals surface area contributed by atoms with Gasteiger partial charge in [0.15, 0.2) is 5.96 Å². The Balaban J connectivity index is 1.93. The summed E-state index contributed by atoms with van der Waals surface area (Å²) in [5.41, 5.74) is 7.50. The van der Waals surface area contributed by atoms with E-state index in [0.717, 1.165) is 17.5 Å². The fourth-order valence-corrected chi connectivity index (χ4v) is 2.93. The number of guanidine groups is 1. The highest BCUT2D eigenvalue weighted by molar-refractivity contribution is 6.30. The minimum Gasteiger partial charge on any atom is -0.369 e. The molecule has 0 aliphatic carbocycles. The average Bonchev–Trinajstić information content (AvgIpc) is 2.66. The Labute approximate surface area is 170 Å². The Bertz CT molecular complexity index is 795. The smallest absolute Gasteiger partial charge is 0.222 e. The number of rotatable bonds is 9. The van der Waals surface area contributed by atoms with Gasteiger partial charge in [-0.3, -0.25) is 9.79 Å². The number of benzene rings is 2. The van der Waals surface area contributed by atoms with E-state index in [1.54, 1.807) is 12.1 Å². The van der Waals surface area contributed by atoms with Crippen molar-refractivity contribution in [3.63, 3.8) is 0 Å². The molecule has 0 aliphatic heterocycles. The SMILES string of the molecule is CCNC(=NCC(Cc1ccc(F)cc1)C(N)=O)NCCc1cccc(Cl)c1. The van der Waals surface area contributed by atoms with Crippen LogP contribution in [0.5, 0.6) is 0 Å². The van der Waals surface area contributed by atoms with Crippen molar-refractivity contribution < 1.29 is 9.18 Å². The molecule has 5 nitrogen and oxygen atoms in total. The number of nitrogens with two attached hydrogens (primary N) is 1. The van der Waals surface area contributed by atoms with Crippen molar-refractivity contribution in [3.8, 4) is 0 Å². The molecule has 0 fully saturated rings. The van der Waals surface area contributed by atoms with Crippen molar-refractivity contribution in [2.45, 2.75) is 19.8 Å². The number of nitrogens with zero attached hydrogens (tertiary/aromatic N) is 1. The van der Waals surface area contributed by atoms with Crippen LogP contribution in [0.4, 0.5) is 4.39 Å². The van der Waals surface area contributed by atoms with Gasteiger partial charge >= 0.3 is 0 Å². The van der Waals surface area contributed by atoms with Gasteiger partial charge in [-0.25, -0.2) is 4.39 Å². The molecule has 2 rings (SSSR count). The van der Waals surface area contributed by atoms with Gasteiger partial charge in [0.25, 0.3) is 0 Å². The van der Waals surface area contributed by atoms with Crippen molar-refractivity contribution in [2.24, 2.45) is 16.6 Å². The molecule has 28 heavy (non-hydrogen) atoms. The zero-order chi connectivity index (χ0) is 20.4. The van der Waals surface area contributed by atoms with Crippen molar-refractivity contribution >= 4 is 23.5 Å². The average molecular weight is 405 g/mol. The summed E-state index contributed by atoms with van der Waals surface area (Å²) in [7, 11) is 0. The highest BCUT2D eigenvalue weighted by Gasteiger charge is 2.16. The maximum Gasteiger partial charge on any atom is 0.222 e. The Morgan fingerprint density at radius 2 is 1.93 bits per heavy atom. The van der Waals surface area contributed by atoms with Crippen LogP contribution in [-0.4, -0.2) is 31.5 Å². The van der Waals surface area contributed by atoms with Gasteiger partial charge in [-0.05, 0) is 55.2 Å². The summed E-state index contributed by atoms with van der Waals surface area (Å²) in [5.74, 6) is -0.581. The van der Waals surface area contributed by atoms with E-state index in [9.17, 15) is 9.18 Å². The van der Waals surface area contributed by atoms with E-state index in [-0.39, 0.29) is 12.4 Å². The number of aliphatic imine (C=N–C) groups is 1. The molecule has 2 aromatic rings. The molecule has 0 heterocycles. The second kappa shape index (κ2) is 11.3. The molecule has 7 heteroatoms. The van der Waals surface area contributed by atoms with Crippen LogP contribution in [-0.2, 0) is 17.6 Å². The van der Waals surface area contributed by atoms with E-state index in [1.165, 1.54) is 12.1 Å². The summed E-state index contributed by atoms with van der Waals surface area (Å²) in [6.07, 6.45) is 1.21. The van der Waals surface area contributed by atoms with E-state index < -0.39 is 11.8 Å². The lowest BCUT2D eigenvalue weighted by Crippen LogP contribution is -2.39. The highest BCUT2D eigenvalue weighted by atomic mass is 35.5. The molecule has 2 aromatic carbocycles. The van der Waals surface area contributed by atoms with E-state index in [2.05, 4.69) is 15.6 Å². The van der Waals surface area contributed by atoms with Crippen LogP contribution >= 0.6 is 11.6 Å². The van der Waals surface area contributed by atoms with E-state index in [4.69, 9.17) is 17.3 Å². The van der Waals surface area contributed by atoms with E-state index >= 15 is 0 Å². The van der Waals surface area contributed by atoms with Crippen LogP contribution in [0.15, 0.2) is 53.5 Å². The molecule has 0 bridgehead atoms. The first-order chi connectivity index (χ1) is 13.5. The van der Waals surface area contributed by atoms with Crippen LogP contribution in [0.1, 0.15) is 18.1 Å². The predicted octanol–water partition coefficient (Wildman–Crippen LogP) is 2.92. The zero-order valence-corrected chi connectivity index (χ0v) is 16.7. The van der Waals surface area contributed by atoms with E-state index in [1.807, 2.05) is 31.2 Å². The largest absolute Gasteiger partial charge is 0.369 e. The second-order valence-electron chi connectivity index (χ2n) is 6.46. The molecular weight excluding hydrogens is 379 g/mol. The predicted molar refractivity (Wildman–Crippen MR) is 112 cm³/mol. The maximum absolute atomic E-state index is 13.0. The van der Waals surface area contributed by atoms with Crippen LogP contribution in [0.3, 0.4) is 0 Å². The third-order valence-corrected chi connectivity index (χ3v) is 4.44. The molecule has 1 amide bonds. The summed E-state index contributed by atoms with van der Waals surface area (Å²) in [5, 5.41) is 7.12. The van der Waals surface area contributed by atoms with Gasteiger partial charge in [-0.15, -0.1) is 0 Å². The van der Waals surface area contributed by atoms with Gasteiger partial charge in [0.05, 0.1) is 12.5 Å². The normalized spacial score (nSPS) is 12.5. The molecule has 1 atom stereocenters. The number of carbonyl (C=O) groups excluding carboxylic acids is 1. The van der Waals surface area contributed by atoms with Crippen LogP contribution in [0.2, 0.25) is 5.02 Å². The van der Waals surface area contributed by atoms with Gasteiger partial charge in [-0.1, -0.05) is 35.9 Å². The summed E-state index contributed by atoms with van der Waals surface area (Å²) < 4.78 is 13.0. The Morgan fingerprint density at radius 3 is 2.57 bits per heavy atom. The first-order valence-corrected chi connectivity index (χ1v) is 9.66. The molecule has 0 saturated carbocycles. The van der Waals surface area contributed by atoms with Gasteiger partial charge in [0, 0.05) is 18.1 Å². The van der Waals surface area contributed by atoms with Gasteiger partial charge < -0.3 is 16.4 Å². The molecule has 4 N–H and O–H groups in total. The van der Waals surface area contributed by atoms with Crippen molar-refractivity contribution in [1.82, 2.24) is 10.6 Å². The molecule has 0 radical (unpaired) electrons. The zero-order valence-electron chi connectivity index (χ0n) is 15.9. The molecule has 0 aromatic heterocycles. The van der Waals surface area contributed by atoms with Crippen LogP contribution in [0, 0.1) is 11.7 Å². The third-order valence-electron chi connectivity index (χ3n) is 4.21. The molecule has 0 saturated heterocycles. The number of hydrogen-bond acceptors (Lipinski definition) is 2. The molecule has 0 aliphatic rings. The number of hydrogen-bond donors (Lipinski definition) is 3. The first kappa shape index (κ1) is 21.7. The lowest BCUT2D eigenvalue weighted by Gasteiger charge is -2.15. The Hall–Kier alpha value is -2.60. The first-order valence-electron chi connectivity index (χ1n) is 9.28. The monoisotopic (exact) mass is 404 g/mol. The fourth-order valence-electron chi connectivity index (χ4n) is 2.72. The maximum atomic E-state index is 13.0. The minimum absolute atomic E-state index is 0.249. The minimum atomic E-state index is -0.464. The topological polar surface area (TPSA) is 79.5 Å². The molecule has 150 valence electrons. The van der Waals surface area contributed by atoms with Crippen molar-refractivity contribution in [2.75, 3.05) is 19.6 Å².